The fourth-order valence-electron chi connectivity index (χ4n) is 1.79. The number of aryl methyl sites for hydroxylation is 1. The molecular formula is C12H17N5O2S. The van der Waals surface area contributed by atoms with Crippen molar-refractivity contribution in [2.75, 3.05) is 5.43 Å². The smallest absolute Gasteiger partial charge is 0.242 e. The first-order valence-corrected chi connectivity index (χ1v) is 7.47. The second kappa shape index (κ2) is 5.61. The van der Waals surface area contributed by atoms with E-state index in [9.17, 15) is 8.42 Å². The summed E-state index contributed by atoms with van der Waals surface area (Å²) < 4.78 is 28.8. The molecule has 0 aliphatic heterocycles. The number of hydrogen-bond acceptors (Lipinski definition) is 5. The van der Waals surface area contributed by atoms with Crippen molar-refractivity contribution in [1.82, 2.24) is 14.5 Å². The van der Waals surface area contributed by atoms with Crippen molar-refractivity contribution in [3.63, 3.8) is 0 Å². The van der Waals surface area contributed by atoms with Crippen LogP contribution in [0.2, 0.25) is 0 Å². The first-order valence-electron chi connectivity index (χ1n) is 5.98. The van der Waals surface area contributed by atoms with Crippen LogP contribution < -0.4 is 16.0 Å². The van der Waals surface area contributed by atoms with Crippen molar-refractivity contribution in [2.24, 2.45) is 12.9 Å². The van der Waals surface area contributed by atoms with Gasteiger partial charge < -0.3 is 5.43 Å². The number of nitrogens with two attached hydrogens (primary N) is 1. The van der Waals surface area contributed by atoms with Crippen LogP contribution in [0.25, 0.3) is 0 Å². The lowest BCUT2D eigenvalue weighted by Gasteiger charge is -2.10. The number of hydrogen-bond donors (Lipinski definition) is 3. The van der Waals surface area contributed by atoms with Gasteiger partial charge in [0.1, 0.15) is 4.90 Å². The SMILES string of the molecule is Cc1c(CNS(=O)(=O)c2ccccc2NN)cnn1C. The minimum Gasteiger partial charge on any atom is -0.323 e. The van der Waals surface area contributed by atoms with Crippen molar-refractivity contribution in [1.29, 1.82) is 0 Å². The second-order valence-corrected chi connectivity index (χ2v) is 6.08. The predicted octanol–water partition coefficient (Wildman–Crippen LogP) is 0.493. The summed E-state index contributed by atoms with van der Waals surface area (Å²) in [5.41, 5.74) is 4.47. The van der Waals surface area contributed by atoms with Gasteiger partial charge in [0.25, 0.3) is 0 Å². The van der Waals surface area contributed by atoms with Crippen LogP contribution in [0.15, 0.2) is 35.4 Å². The summed E-state index contributed by atoms with van der Waals surface area (Å²) in [5.74, 6) is 5.33. The molecule has 0 unspecified atom stereocenters. The topological polar surface area (TPSA) is 102 Å². The largest absolute Gasteiger partial charge is 0.323 e. The Hall–Kier alpha value is -1.90. The maximum absolute atomic E-state index is 12.3. The Bertz CT molecular complexity index is 708. The minimum atomic E-state index is -3.64. The molecule has 0 saturated heterocycles. The summed E-state index contributed by atoms with van der Waals surface area (Å²) >= 11 is 0. The number of anilines is 1. The number of benzene rings is 1. The van der Waals surface area contributed by atoms with Crippen LogP contribution >= 0.6 is 0 Å². The van der Waals surface area contributed by atoms with Gasteiger partial charge in [-0.15, -0.1) is 0 Å². The zero-order valence-electron chi connectivity index (χ0n) is 11.3. The number of hydrazine groups is 1. The molecule has 0 amide bonds. The highest BCUT2D eigenvalue weighted by molar-refractivity contribution is 7.89. The Morgan fingerprint density at radius 1 is 1.35 bits per heavy atom. The number of sulfonamides is 1. The van der Waals surface area contributed by atoms with Crippen molar-refractivity contribution in [2.45, 2.75) is 18.4 Å². The van der Waals surface area contributed by atoms with Gasteiger partial charge in [0.15, 0.2) is 0 Å². The lowest BCUT2D eigenvalue weighted by molar-refractivity contribution is 0.581. The molecule has 0 aliphatic rings. The number of rotatable bonds is 5. The van der Waals surface area contributed by atoms with Crippen LogP contribution in [0.1, 0.15) is 11.3 Å². The van der Waals surface area contributed by atoms with Gasteiger partial charge in [0.2, 0.25) is 10.0 Å². The number of nitrogens with zero attached hydrogens (tertiary/aromatic N) is 2. The van der Waals surface area contributed by atoms with Gasteiger partial charge in [-0.25, -0.2) is 13.1 Å². The number of nitrogens with one attached hydrogen (secondary N) is 2. The van der Waals surface area contributed by atoms with Gasteiger partial charge in [-0.1, -0.05) is 12.1 Å². The summed E-state index contributed by atoms with van der Waals surface area (Å²) in [6.07, 6.45) is 1.64. The highest BCUT2D eigenvalue weighted by atomic mass is 32.2. The van der Waals surface area contributed by atoms with Crippen LogP contribution in [-0.4, -0.2) is 18.2 Å². The number of nitrogen functional groups attached to an aromatic ring is 1. The third-order valence-corrected chi connectivity index (χ3v) is 4.58. The molecular weight excluding hydrogens is 278 g/mol. The van der Waals surface area contributed by atoms with Gasteiger partial charge in [-0.3, -0.25) is 10.5 Å². The van der Waals surface area contributed by atoms with Crippen molar-refractivity contribution in [3.05, 3.63) is 41.7 Å². The first-order chi connectivity index (χ1) is 9.45. The van der Waals surface area contributed by atoms with E-state index in [1.807, 2.05) is 6.92 Å². The average Bonchev–Trinajstić information content (AvgIpc) is 2.76. The molecule has 0 bridgehead atoms. The highest BCUT2D eigenvalue weighted by Gasteiger charge is 2.18. The zero-order valence-corrected chi connectivity index (χ0v) is 12.1. The Kier molecular flexibility index (Phi) is 4.07. The lowest BCUT2D eigenvalue weighted by Crippen LogP contribution is -2.25. The minimum absolute atomic E-state index is 0.115. The quantitative estimate of drug-likeness (QED) is 0.550. The molecule has 0 spiro atoms. The van der Waals surface area contributed by atoms with Crippen molar-refractivity contribution < 1.29 is 8.42 Å². The predicted molar refractivity (Wildman–Crippen MR) is 76.2 cm³/mol. The zero-order chi connectivity index (χ0) is 14.8. The molecule has 1 aromatic heterocycles. The van der Waals surface area contributed by atoms with E-state index in [4.69, 9.17) is 5.84 Å². The molecule has 108 valence electrons. The third kappa shape index (κ3) is 2.82. The standard InChI is InChI=1S/C12H17N5O2S/c1-9-10(7-14-17(9)2)8-15-20(18,19)12-6-4-3-5-11(12)16-13/h3-7,15-16H,8,13H2,1-2H3. The summed E-state index contributed by atoms with van der Waals surface area (Å²) in [4.78, 5) is 0.115. The lowest BCUT2D eigenvalue weighted by atomic mass is 10.3. The average molecular weight is 295 g/mol. The molecule has 2 aromatic rings. The maximum atomic E-state index is 12.3. The molecule has 0 atom stereocenters. The second-order valence-electron chi connectivity index (χ2n) is 4.34. The fraction of sp³-hybridized carbons (Fsp3) is 0.250. The molecule has 1 heterocycles. The molecule has 4 N–H and O–H groups in total. The van der Waals surface area contributed by atoms with E-state index in [2.05, 4.69) is 15.2 Å². The molecule has 20 heavy (non-hydrogen) atoms. The Balaban J connectivity index is 2.22. The Labute approximate surface area is 117 Å². The summed E-state index contributed by atoms with van der Waals surface area (Å²) in [6.45, 7) is 2.06. The van der Waals surface area contributed by atoms with Gasteiger partial charge in [-0.2, -0.15) is 5.10 Å². The number of para-hydroxylation sites is 1. The fourth-order valence-corrected chi connectivity index (χ4v) is 2.96. The number of aromatic nitrogens is 2. The molecule has 2 rings (SSSR count). The van der Waals surface area contributed by atoms with Crippen LogP contribution in [0.3, 0.4) is 0 Å². The van der Waals surface area contributed by atoms with Crippen LogP contribution in [0.5, 0.6) is 0 Å². The van der Waals surface area contributed by atoms with Crippen molar-refractivity contribution in [3.8, 4) is 0 Å². The maximum Gasteiger partial charge on any atom is 0.242 e. The normalized spacial score (nSPS) is 11.6. The van der Waals surface area contributed by atoms with Gasteiger partial charge in [-0.05, 0) is 19.1 Å². The van der Waals surface area contributed by atoms with Crippen LogP contribution in [-0.2, 0) is 23.6 Å². The first kappa shape index (κ1) is 14.5. The monoisotopic (exact) mass is 295 g/mol. The highest BCUT2D eigenvalue weighted by Crippen LogP contribution is 2.19. The van der Waals surface area contributed by atoms with E-state index in [1.165, 1.54) is 6.07 Å². The van der Waals surface area contributed by atoms with Crippen LogP contribution in [0, 0.1) is 6.92 Å². The van der Waals surface area contributed by atoms with Crippen molar-refractivity contribution >= 4 is 15.7 Å². The van der Waals surface area contributed by atoms with E-state index in [-0.39, 0.29) is 11.4 Å². The van der Waals surface area contributed by atoms with E-state index in [0.717, 1.165) is 11.3 Å². The van der Waals surface area contributed by atoms with E-state index in [0.29, 0.717) is 5.69 Å². The summed E-state index contributed by atoms with van der Waals surface area (Å²) in [5, 5.41) is 4.07. The van der Waals surface area contributed by atoms with E-state index in [1.54, 1.807) is 36.1 Å². The molecule has 0 fully saturated rings. The third-order valence-electron chi connectivity index (χ3n) is 3.12. The molecule has 0 radical (unpaired) electrons. The van der Waals surface area contributed by atoms with Crippen LogP contribution in [0.4, 0.5) is 5.69 Å². The summed E-state index contributed by atoms with van der Waals surface area (Å²) in [7, 11) is -1.83. The molecule has 0 aliphatic carbocycles. The Morgan fingerprint density at radius 3 is 2.65 bits per heavy atom. The summed E-state index contributed by atoms with van der Waals surface area (Å²) in [6, 6.07) is 6.45. The van der Waals surface area contributed by atoms with Gasteiger partial charge >= 0.3 is 0 Å². The Morgan fingerprint density at radius 2 is 2.05 bits per heavy atom. The van der Waals surface area contributed by atoms with E-state index < -0.39 is 10.0 Å². The van der Waals surface area contributed by atoms with E-state index >= 15 is 0 Å². The molecule has 7 nitrogen and oxygen atoms in total. The van der Waals surface area contributed by atoms with Gasteiger partial charge in [0, 0.05) is 24.8 Å². The molecule has 8 heteroatoms. The van der Waals surface area contributed by atoms with Gasteiger partial charge in [0.05, 0.1) is 11.9 Å². The molecule has 1 aromatic carbocycles. The molecule has 0 saturated carbocycles.